The van der Waals surface area contributed by atoms with Crippen molar-refractivity contribution in [3.05, 3.63) is 24.0 Å². The molecular weight excluding hydrogens is 377 g/mol. The minimum absolute atomic E-state index is 0.0776. The van der Waals surface area contributed by atoms with Crippen LogP contribution in [0.3, 0.4) is 0 Å². The largest absolute Gasteiger partial charge is 0.444 e. The molecule has 0 aromatic heterocycles. The van der Waals surface area contributed by atoms with Gasteiger partial charge in [-0.1, -0.05) is 0 Å². The number of carbonyl (C=O) groups excluding carboxylic acids is 3. The van der Waals surface area contributed by atoms with Gasteiger partial charge in [0.1, 0.15) is 11.4 Å². The average molecular weight is 405 g/mol. The van der Waals surface area contributed by atoms with E-state index in [1.54, 1.807) is 25.7 Å². The molecule has 1 heterocycles. The summed E-state index contributed by atoms with van der Waals surface area (Å²) in [4.78, 5) is 38.6. The third-order valence-electron chi connectivity index (χ3n) is 4.90. The Bertz CT molecular complexity index is 802. The van der Waals surface area contributed by atoms with Gasteiger partial charge in [0.2, 0.25) is 11.8 Å². The molecule has 1 aliphatic carbocycles. The van der Waals surface area contributed by atoms with Crippen LogP contribution in [-0.4, -0.2) is 41.5 Å². The molecule has 1 saturated heterocycles. The summed E-state index contributed by atoms with van der Waals surface area (Å²) in [6, 6.07) is 3.96. The third kappa shape index (κ3) is 5.92. The van der Waals surface area contributed by atoms with E-state index in [0.29, 0.717) is 25.2 Å². The van der Waals surface area contributed by atoms with Gasteiger partial charge in [-0.05, 0) is 64.7 Å². The van der Waals surface area contributed by atoms with Crippen LogP contribution in [0.4, 0.5) is 20.6 Å². The Morgan fingerprint density at radius 1 is 1.10 bits per heavy atom. The number of halogens is 1. The maximum absolute atomic E-state index is 14.0. The molecule has 0 radical (unpaired) electrons. The van der Waals surface area contributed by atoms with Gasteiger partial charge in [0.25, 0.3) is 0 Å². The highest BCUT2D eigenvalue weighted by molar-refractivity contribution is 5.94. The smallest absolute Gasteiger partial charge is 0.412 e. The number of amides is 3. The van der Waals surface area contributed by atoms with E-state index >= 15 is 0 Å². The van der Waals surface area contributed by atoms with Crippen molar-refractivity contribution in [2.75, 3.05) is 23.7 Å². The Hall–Kier alpha value is -2.64. The van der Waals surface area contributed by atoms with E-state index in [1.807, 2.05) is 0 Å². The number of rotatable bonds is 4. The SMILES string of the molecule is CC(C)(C)OC(=O)Nc1cc(NC(=O)C2CCCN(C(=O)C3CC3)C2)ccc1F. The standard InChI is InChI=1S/C21H28FN3O4/c1-21(2,3)29-20(28)24-17-11-15(8-9-16(17)22)23-18(26)14-5-4-10-25(12-14)19(27)13-6-7-13/h8-9,11,13-14H,4-7,10,12H2,1-3H3,(H,23,26)(H,24,28). The van der Waals surface area contributed by atoms with E-state index in [2.05, 4.69) is 10.6 Å². The summed E-state index contributed by atoms with van der Waals surface area (Å²) in [7, 11) is 0. The molecule has 2 aliphatic rings. The van der Waals surface area contributed by atoms with Crippen LogP contribution in [0.1, 0.15) is 46.5 Å². The van der Waals surface area contributed by atoms with Crippen molar-refractivity contribution in [2.24, 2.45) is 11.8 Å². The maximum Gasteiger partial charge on any atom is 0.412 e. The van der Waals surface area contributed by atoms with E-state index in [9.17, 15) is 18.8 Å². The first-order chi connectivity index (χ1) is 13.6. The van der Waals surface area contributed by atoms with Crippen LogP contribution in [0.15, 0.2) is 18.2 Å². The fourth-order valence-corrected chi connectivity index (χ4v) is 3.34. The van der Waals surface area contributed by atoms with Crippen molar-refractivity contribution in [1.29, 1.82) is 0 Å². The molecule has 2 fully saturated rings. The average Bonchev–Trinajstić information content (AvgIpc) is 3.47. The Morgan fingerprint density at radius 3 is 2.48 bits per heavy atom. The normalized spacial score (nSPS) is 19.4. The first kappa shape index (κ1) is 21.1. The molecule has 0 spiro atoms. The van der Waals surface area contributed by atoms with Gasteiger partial charge in [0, 0.05) is 24.7 Å². The molecule has 1 aliphatic heterocycles. The molecule has 1 aromatic carbocycles. The summed E-state index contributed by atoms with van der Waals surface area (Å²) in [5, 5.41) is 5.13. The summed E-state index contributed by atoms with van der Waals surface area (Å²) in [5.74, 6) is -0.872. The van der Waals surface area contributed by atoms with Crippen LogP contribution in [0, 0.1) is 17.7 Å². The van der Waals surface area contributed by atoms with Crippen LogP contribution in [0.25, 0.3) is 0 Å². The summed E-state index contributed by atoms with van der Waals surface area (Å²) in [6.07, 6.45) is 2.58. The van der Waals surface area contributed by atoms with Crippen molar-refractivity contribution in [1.82, 2.24) is 4.90 Å². The van der Waals surface area contributed by atoms with Gasteiger partial charge in [0.05, 0.1) is 11.6 Å². The van der Waals surface area contributed by atoms with E-state index in [0.717, 1.165) is 19.3 Å². The Balaban J connectivity index is 1.61. The number of carbonyl (C=O) groups is 3. The van der Waals surface area contributed by atoms with Crippen molar-refractivity contribution in [3.63, 3.8) is 0 Å². The number of anilines is 2. The number of benzene rings is 1. The summed E-state index contributed by atoms with van der Waals surface area (Å²) < 4.78 is 19.2. The predicted molar refractivity (Wildman–Crippen MR) is 107 cm³/mol. The number of piperidine rings is 1. The second-order valence-electron chi connectivity index (χ2n) is 8.71. The number of ether oxygens (including phenoxy) is 1. The Morgan fingerprint density at radius 2 is 1.83 bits per heavy atom. The molecule has 1 saturated carbocycles. The third-order valence-corrected chi connectivity index (χ3v) is 4.90. The van der Waals surface area contributed by atoms with Crippen LogP contribution in [0.5, 0.6) is 0 Å². The molecule has 2 N–H and O–H groups in total. The van der Waals surface area contributed by atoms with E-state index in [-0.39, 0.29) is 29.3 Å². The molecule has 7 nitrogen and oxygen atoms in total. The molecule has 3 rings (SSSR count). The van der Waals surface area contributed by atoms with Gasteiger partial charge >= 0.3 is 6.09 Å². The lowest BCUT2D eigenvalue weighted by molar-refractivity contribution is -0.135. The Kier molecular flexibility index (Phi) is 6.10. The van der Waals surface area contributed by atoms with E-state index in [4.69, 9.17) is 4.74 Å². The quantitative estimate of drug-likeness (QED) is 0.798. The molecule has 158 valence electrons. The highest BCUT2D eigenvalue weighted by Gasteiger charge is 2.36. The lowest BCUT2D eigenvalue weighted by Gasteiger charge is -2.32. The minimum Gasteiger partial charge on any atom is -0.444 e. The zero-order valence-electron chi connectivity index (χ0n) is 17.1. The van der Waals surface area contributed by atoms with Crippen molar-refractivity contribution >= 4 is 29.3 Å². The second kappa shape index (κ2) is 8.39. The van der Waals surface area contributed by atoms with Gasteiger partial charge in [-0.15, -0.1) is 0 Å². The monoisotopic (exact) mass is 405 g/mol. The van der Waals surface area contributed by atoms with Crippen LogP contribution >= 0.6 is 0 Å². The fraction of sp³-hybridized carbons (Fsp3) is 0.571. The lowest BCUT2D eigenvalue weighted by Crippen LogP contribution is -2.44. The predicted octanol–water partition coefficient (Wildman–Crippen LogP) is 3.76. The summed E-state index contributed by atoms with van der Waals surface area (Å²) in [6.45, 7) is 6.23. The van der Waals surface area contributed by atoms with Crippen molar-refractivity contribution in [2.45, 2.75) is 52.1 Å². The van der Waals surface area contributed by atoms with E-state index < -0.39 is 17.5 Å². The molecule has 8 heteroatoms. The van der Waals surface area contributed by atoms with Crippen molar-refractivity contribution < 1.29 is 23.5 Å². The van der Waals surface area contributed by atoms with Gasteiger partial charge in [0.15, 0.2) is 0 Å². The van der Waals surface area contributed by atoms with Gasteiger partial charge in [-0.25, -0.2) is 9.18 Å². The van der Waals surface area contributed by atoms with E-state index in [1.165, 1.54) is 18.2 Å². The van der Waals surface area contributed by atoms with Crippen LogP contribution in [0.2, 0.25) is 0 Å². The fourth-order valence-electron chi connectivity index (χ4n) is 3.34. The number of nitrogens with zero attached hydrogens (tertiary/aromatic N) is 1. The topological polar surface area (TPSA) is 87.7 Å². The molecule has 0 bridgehead atoms. The molecule has 29 heavy (non-hydrogen) atoms. The Labute approximate surface area is 170 Å². The molecule has 1 unspecified atom stereocenters. The molecule has 1 atom stereocenters. The van der Waals surface area contributed by atoms with Crippen molar-refractivity contribution in [3.8, 4) is 0 Å². The van der Waals surface area contributed by atoms with Crippen LogP contribution in [-0.2, 0) is 14.3 Å². The first-order valence-electron chi connectivity index (χ1n) is 10.0. The zero-order chi connectivity index (χ0) is 21.2. The molecular formula is C21H28FN3O4. The first-order valence-corrected chi connectivity index (χ1v) is 10.0. The maximum atomic E-state index is 14.0. The highest BCUT2D eigenvalue weighted by Crippen LogP contribution is 2.32. The van der Waals surface area contributed by atoms with Gasteiger partial charge in [-0.3, -0.25) is 14.9 Å². The number of hydrogen-bond donors (Lipinski definition) is 2. The summed E-state index contributed by atoms with van der Waals surface area (Å²) in [5.41, 5.74) is -0.420. The van der Waals surface area contributed by atoms with Crippen LogP contribution < -0.4 is 10.6 Å². The number of nitrogens with one attached hydrogen (secondary N) is 2. The lowest BCUT2D eigenvalue weighted by atomic mass is 9.96. The molecule has 1 aromatic rings. The second-order valence-corrected chi connectivity index (χ2v) is 8.71. The zero-order valence-corrected chi connectivity index (χ0v) is 17.1. The highest BCUT2D eigenvalue weighted by atomic mass is 19.1. The van der Waals surface area contributed by atoms with Gasteiger partial charge < -0.3 is 15.0 Å². The van der Waals surface area contributed by atoms with Gasteiger partial charge in [-0.2, -0.15) is 0 Å². The number of likely N-dealkylation sites (tertiary alicyclic amines) is 1. The minimum atomic E-state index is -0.776. The summed E-state index contributed by atoms with van der Waals surface area (Å²) >= 11 is 0. The molecule has 3 amide bonds. The number of hydrogen-bond acceptors (Lipinski definition) is 4.